The molecule has 0 atom stereocenters. The van der Waals surface area contributed by atoms with Crippen molar-refractivity contribution < 1.29 is 0 Å². The molecule has 0 saturated heterocycles. The summed E-state index contributed by atoms with van der Waals surface area (Å²) in [5, 5.41) is 0.759. The van der Waals surface area contributed by atoms with E-state index < -0.39 is 0 Å². The molecule has 1 heterocycles. The normalized spacial score (nSPS) is 11.4. The summed E-state index contributed by atoms with van der Waals surface area (Å²) in [4.78, 5) is 4.89. The summed E-state index contributed by atoms with van der Waals surface area (Å²) in [5.74, 6) is 1.03. The predicted octanol–water partition coefficient (Wildman–Crippen LogP) is 8.28. The lowest BCUT2D eigenvalue weighted by atomic mass is 10.1. The molecular weight excluding hydrogens is 364 g/mol. The minimum atomic E-state index is 0.759. The van der Waals surface area contributed by atoms with Crippen LogP contribution in [-0.4, -0.2) is 9.55 Å². The molecule has 0 radical (unpaired) electrons. The van der Waals surface area contributed by atoms with Gasteiger partial charge in [0.2, 0.25) is 0 Å². The van der Waals surface area contributed by atoms with E-state index in [1.54, 1.807) is 0 Å². The summed E-state index contributed by atoms with van der Waals surface area (Å²) in [7, 11) is 0. The molecule has 0 saturated carbocycles. The minimum absolute atomic E-state index is 0.759. The lowest BCUT2D eigenvalue weighted by molar-refractivity contribution is 0.539. The van der Waals surface area contributed by atoms with Gasteiger partial charge in [-0.3, -0.25) is 0 Å². The average molecular weight is 397 g/mol. The van der Waals surface area contributed by atoms with Crippen molar-refractivity contribution in [1.82, 2.24) is 9.55 Å². The van der Waals surface area contributed by atoms with E-state index in [2.05, 4.69) is 41.8 Å². The van der Waals surface area contributed by atoms with Gasteiger partial charge in [-0.25, -0.2) is 4.98 Å². The fourth-order valence-corrected chi connectivity index (χ4v) is 4.10. The fourth-order valence-electron chi connectivity index (χ4n) is 3.91. The SMILES string of the molecule is CCCCCCCCCCCCn1c(-c2cccc(Cl)c2)nc2ccccc21. The van der Waals surface area contributed by atoms with Gasteiger partial charge in [0.1, 0.15) is 5.82 Å². The van der Waals surface area contributed by atoms with Gasteiger partial charge in [-0.1, -0.05) is 101 Å². The van der Waals surface area contributed by atoms with Crippen LogP contribution in [0.5, 0.6) is 0 Å². The average Bonchev–Trinajstić information content (AvgIpc) is 3.08. The fraction of sp³-hybridized carbons (Fsp3) is 0.480. The quantitative estimate of drug-likeness (QED) is 0.281. The topological polar surface area (TPSA) is 17.8 Å². The summed E-state index contributed by atoms with van der Waals surface area (Å²) in [6, 6.07) is 16.5. The van der Waals surface area contributed by atoms with Crippen LogP contribution >= 0.6 is 11.6 Å². The van der Waals surface area contributed by atoms with Gasteiger partial charge in [-0.05, 0) is 30.7 Å². The molecule has 0 N–H and O–H groups in total. The molecule has 28 heavy (non-hydrogen) atoms. The molecule has 0 amide bonds. The van der Waals surface area contributed by atoms with Crippen LogP contribution in [0.4, 0.5) is 0 Å². The molecule has 0 spiro atoms. The van der Waals surface area contributed by atoms with Gasteiger partial charge in [0.15, 0.2) is 0 Å². The molecule has 0 fully saturated rings. The number of fused-ring (bicyclic) bond motifs is 1. The molecule has 2 aromatic carbocycles. The Labute approximate surface area is 174 Å². The zero-order chi connectivity index (χ0) is 19.6. The summed E-state index contributed by atoms with van der Waals surface area (Å²) >= 11 is 6.22. The van der Waals surface area contributed by atoms with E-state index >= 15 is 0 Å². The Balaban J connectivity index is 1.55. The molecule has 2 nitrogen and oxygen atoms in total. The number of rotatable bonds is 12. The number of aromatic nitrogens is 2. The number of imidazole rings is 1. The van der Waals surface area contributed by atoms with Crippen LogP contribution in [0.25, 0.3) is 22.4 Å². The molecule has 0 bridgehead atoms. The summed E-state index contributed by atoms with van der Waals surface area (Å²) in [5.41, 5.74) is 3.37. The van der Waals surface area contributed by atoms with Crippen LogP contribution in [-0.2, 0) is 6.54 Å². The number of hydrogen-bond acceptors (Lipinski definition) is 1. The van der Waals surface area contributed by atoms with Crippen molar-refractivity contribution in [3.63, 3.8) is 0 Å². The standard InChI is InChI=1S/C25H33ClN2/c1-2-3-4-5-6-7-8-9-10-13-19-28-24-18-12-11-17-23(24)27-25(28)21-15-14-16-22(26)20-21/h11-12,14-18,20H,2-10,13,19H2,1H3. The number of unbranched alkanes of at least 4 members (excludes halogenated alkanes) is 9. The van der Waals surface area contributed by atoms with Crippen molar-refractivity contribution in [3.8, 4) is 11.4 Å². The maximum atomic E-state index is 6.22. The van der Waals surface area contributed by atoms with Gasteiger partial charge < -0.3 is 4.57 Å². The highest BCUT2D eigenvalue weighted by Gasteiger charge is 2.12. The molecular formula is C25H33ClN2. The molecule has 150 valence electrons. The third-order valence-electron chi connectivity index (χ3n) is 5.47. The first-order chi connectivity index (χ1) is 13.8. The van der Waals surface area contributed by atoms with E-state index in [9.17, 15) is 0 Å². The highest BCUT2D eigenvalue weighted by molar-refractivity contribution is 6.30. The first kappa shape index (κ1) is 20.9. The Kier molecular flexibility index (Phi) is 8.42. The first-order valence-corrected chi connectivity index (χ1v) is 11.4. The Hall–Kier alpha value is -1.80. The Morgan fingerprint density at radius 2 is 1.46 bits per heavy atom. The second kappa shape index (κ2) is 11.3. The Morgan fingerprint density at radius 1 is 0.786 bits per heavy atom. The van der Waals surface area contributed by atoms with Gasteiger partial charge in [0.05, 0.1) is 11.0 Å². The highest BCUT2D eigenvalue weighted by Crippen LogP contribution is 2.27. The van der Waals surface area contributed by atoms with Crippen molar-refractivity contribution in [2.45, 2.75) is 77.7 Å². The molecule has 3 rings (SSSR count). The van der Waals surface area contributed by atoms with Crippen molar-refractivity contribution in [1.29, 1.82) is 0 Å². The van der Waals surface area contributed by atoms with Crippen LogP contribution in [0.3, 0.4) is 0 Å². The van der Waals surface area contributed by atoms with Gasteiger partial charge in [-0.15, -0.1) is 0 Å². The van der Waals surface area contributed by atoms with Crippen molar-refractivity contribution in [2.24, 2.45) is 0 Å². The van der Waals surface area contributed by atoms with E-state index in [1.807, 2.05) is 18.2 Å². The molecule has 3 aromatic rings. The van der Waals surface area contributed by atoms with E-state index in [1.165, 1.54) is 69.7 Å². The second-order valence-corrected chi connectivity index (χ2v) is 8.20. The van der Waals surface area contributed by atoms with Crippen molar-refractivity contribution >= 4 is 22.6 Å². The first-order valence-electron chi connectivity index (χ1n) is 11.0. The third-order valence-corrected chi connectivity index (χ3v) is 5.71. The van der Waals surface area contributed by atoms with Crippen molar-refractivity contribution in [2.75, 3.05) is 0 Å². The zero-order valence-electron chi connectivity index (χ0n) is 17.2. The van der Waals surface area contributed by atoms with Crippen LogP contribution in [0.2, 0.25) is 5.02 Å². The number of nitrogens with zero attached hydrogens (tertiary/aromatic N) is 2. The molecule has 0 aliphatic carbocycles. The maximum Gasteiger partial charge on any atom is 0.141 e. The van der Waals surface area contributed by atoms with E-state index in [-0.39, 0.29) is 0 Å². The third kappa shape index (κ3) is 5.85. The molecule has 3 heteroatoms. The lowest BCUT2D eigenvalue weighted by Crippen LogP contribution is -2.01. The second-order valence-electron chi connectivity index (χ2n) is 7.77. The summed E-state index contributed by atoms with van der Waals surface area (Å²) in [6.45, 7) is 3.29. The van der Waals surface area contributed by atoms with E-state index in [0.29, 0.717) is 0 Å². The number of hydrogen-bond donors (Lipinski definition) is 0. The molecule has 0 aliphatic rings. The summed E-state index contributed by atoms with van der Waals surface area (Å²) in [6.07, 6.45) is 13.6. The monoisotopic (exact) mass is 396 g/mol. The van der Waals surface area contributed by atoms with Crippen LogP contribution < -0.4 is 0 Å². The van der Waals surface area contributed by atoms with Gasteiger partial charge >= 0.3 is 0 Å². The van der Waals surface area contributed by atoms with Gasteiger partial charge in [-0.2, -0.15) is 0 Å². The van der Waals surface area contributed by atoms with Crippen molar-refractivity contribution in [3.05, 3.63) is 53.6 Å². The number of aryl methyl sites for hydroxylation is 1. The highest BCUT2D eigenvalue weighted by atomic mass is 35.5. The Morgan fingerprint density at radius 3 is 2.18 bits per heavy atom. The minimum Gasteiger partial charge on any atom is -0.324 e. The van der Waals surface area contributed by atoms with Crippen LogP contribution in [0.1, 0.15) is 71.1 Å². The molecule has 0 aliphatic heterocycles. The largest absolute Gasteiger partial charge is 0.324 e. The number of benzene rings is 2. The number of para-hydroxylation sites is 2. The summed E-state index contributed by atoms with van der Waals surface area (Å²) < 4.78 is 2.37. The lowest BCUT2D eigenvalue weighted by Gasteiger charge is -2.10. The Bertz CT molecular complexity index is 853. The van der Waals surface area contributed by atoms with Gasteiger partial charge in [0.25, 0.3) is 0 Å². The molecule has 0 unspecified atom stereocenters. The van der Waals surface area contributed by atoms with E-state index in [4.69, 9.17) is 16.6 Å². The van der Waals surface area contributed by atoms with Crippen LogP contribution in [0, 0.1) is 0 Å². The van der Waals surface area contributed by atoms with Gasteiger partial charge in [0, 0.05) is 17.1 Å². The molecule has 1 aromatic heterocycles. The van der Waals surface area contributed by atoms with E-state index in [0.717, 1.165) is 28.5 Å². The predicted molar refractivity (Wildman–Crippen MR) is 122 cm³/mol. The maximum absolute atomic E-state index is 6.22. The smallest absolute Gasteiger partial charge is 0.141 e. The van der Waals surface area contributed by atoms with Crippen LogP contribution in [0.15, 0.2) is 48.5 Å². The zero-order valence-corrected chi connectivity index (χ0v) is 17.9. The number of halogens is 1.